The van der Waals surface area contributed by atoms with E-state index in [1.807, 2.05) is 62.8 Å². The Balaban J connectivity index is 2.26. The fourth-order valence-corrected chi connectivity index (χ4v) is 1.83. The summed E-state index contributed by atoms with van der Waals surface area (Å²) in [6.07, 6.45) is 3.11. The number of nitrogens with one attached hydrogen (secondary N) is 1. The largest absolute Gasteiger partial charge is 0.444 e. The molecule has 1 aromatic heterocycles. The maximum absolute atomic E-state index is 11.9. The maximum Gasteiger partial charge on any atom is 0.412 e. The number of hydrogen-bond donors (Lipinski definition) is 1. The molecule has 0 aliphatic carbocycles. The third-order valence-electron chi connectivity index (χ3n) is 2.62. The zero-order valence-corrected chi connectivity index (χ0v) is 12.2. The van der Waals surface area contributed by atoms with Crippen molar-refractivity contribution in [2.45, 2.75) is 26.4 Å². The van der Waals surface area contributed by atoms with Crippen LogP contribution in [0.2, 0.25) is 0 Å². The second kappa shape index (κ2) is 5.36. The Hall–Kier alpha value is -2.30. The summed E-state index contributed by atoms with van der Waals surface area (Å²) < 4.78 is 7.17. The van der Waals surface area contributed by atoms with Crippen molar-refractivity contribution in [2.24, 2.45) is 7.05 Å². The molecule has 1 N–H and O–H groups in total. The van der Waals surface area contributed by atoms with Gasteiger partial charge in [-0.2, -0.15) is 0 Å². The van der Waals surface area contributed by atoms with Crippen LogP contribution in [-0.4, -0.2) is 21.2 Å². The molecule has 0 fully saturated rings. The van der Waals surface area contributed by atoms with E-state index in [0.29, 0.717) is 5.69 Å². The van der Waals surface area contributed by atoms with Gasteiger partial charge in [0.15, 0.2) is 0 Å². The first-order chi connectivity index (χ1) is 9.37. The van der Waals surface area contributed by atoms with E-state index in [-0.39, 0.29) is 0 Å². The van der Waals surface area contributed by atoms with E-state index in [1.54, 1.807) is 6.20 Å². The van der Waals surface area contributed by atoms with E-state index < -0.39 is 11.7 Å². The molecule has 2 aromatic rings. The molecule has 0 saturated heterocycles. The molecule has 0 saturated carbocycles. The van der Waals surface area contributed by atoms with Crippen molar-refractivity contribution >= 4 is 11.8 Å². The van der Waals surface area contributed by atoms with Gasteiger partial charge < -0.3 is 9.30 Å². The summed E-state index contributed by atoms with van der Waals surface area (Å²) in [5.41, 5.74) is 1.00. The molecule has 1 heterocycles. The molecule has 0 radical (unpaired) electrons. The van der Waals surface area contributed by atoms with Gasteiger partial charge in [-0.3, -0.25) is 5.32 Å². The summed E-state index contributed by atoms with van der Waals surface area (Å²) in [6, 6.07) is 7.51. The fourth-order valence-electron chi connectivity index (χ4n) is 1.83. The van der Waals surface area contributed by atoms with E-state index in [2.05, 4.69) is 10.3 Å². The lowest BCUT2D eigenvalue weighted by atomic mass is 10.1. The molecule has 1 amide bonds. The Kier molecular flexibility index (Phi) is 3.79. The van der Waals surface area contributed by atoms with Crippen LogP contribution in [-0.2, 0) is 11.8 Å². The predicted molar refractivity (Wildman–Crippen MR) is 78.5 cm³/mol. The first-order valence-corrected chi connectivity index (χ1v) is 6.43. The molecule has 5 heteroatoms. The number of aromatic nitrogens is 2. The first kappa shape index (κ1) is 14.1. The van der Waals surface area contributed by atoms with Crippen molar-refractivity contribution in [3.63, 3.8) is 0 Å². The number of ether oxygens (including phenoxy) is 1. The SMILES string of the molecule is Cn1ccnc1-c1ccccc1NC(=O)OC(C)(C)C. The number of imidazole rings is 1. The van der Waals surface area contributed by atoms with E-state index in [4.69, 9.17) is 4.74 Å². The van der Waals surface area contributed by atoms with Crippen molar-refractivity contribution in [1.29, 1.82) is 0 Å². The first-order valence-electron chi connectivity index (χ1n) is 6.43. The smallest absolute Gasteiger partial charge is 0.412 e. The highest BCUT2D eigenvalue weighted by Crippen LogP contribution is 2.26. The zero-order chi connectivity index (χ0) is 14.8. The van der Waals surface area contributed by atoms with Gasteiger partial charge in [0.2, 0.25) is 0 Å². The second-order valence-corrected chi connectivity index (χ2v) is 5.53. The quantitative estimate of drug-likeness (QED) is 0.912. The molecule has 1 aromatic carbocycles. The summed E-state index contributed by atoms with van der Waals surface area (Å²) in [7, 11) is 1.91. The Labute approximate surface area is 118 Å². The van der Waals surface area contributed by atoms with Crippen molar-refractivity contribution in [3.05, 3.63) is 36.7 Å². The van der Waals surface area contributed by atoms with Gasteiger partial charge in [-0.1, -0.05) is 12.1 Å². The van der Waals surface area contributed by atoms with Crippen molar-refractivity contribution < 1.29 is 9.53 Å². The summed E-state index contributed by atoms with van der Waals surface area (Å²) in [5.74, 6) is 0.789. The number of rotatable bonds is 2. The second-order valence-electron chi connectivity index (χ2n) is 5.53. The lowest BCUT2D eigenvalue weighted by Gasteiger charge is -2.20. The lowest BCUT2D eigenvalue weighted by molar-refractivity contribution is 0.0636. The van der Waals surface area contributed by atoms with Gasteiger partial charge in [0, 0.05) is 25.0 Å². The number of carbonyl (C=O) groups is 1. The van der Waals surface area contributed by atoms with Gasteiger partial charge in [0.25, 0.3) is 0 Å². The molecule has 106 valence electrons. The summed E-state index contributed by atoms with van der Waals surface area (Å²) in [4.78, 5) is 16.2. The van der Waals surface area contributed by atoms with Gasteiger partial charge >= 0.3 is 6.09 Å². The summed E-state index contributed by atoms with van der Waals surface area (Å²) >= 11 is 0. The summed E-state index contributed by atoms with van der Waals surface area (Å²) in [5, 5.41) is 2.77. The highest BCUT2D eigenvalue weighted by Gasteiger charge is 2.18. The van der Waals surface area contributed by atoms with Crippen LogP contribution in [0.25, 0.3) is 11.4 Å². The molecule has 0 unspecified atom stereocenters. The lowest BCUT2D eigenvalue weighted by Crippen LogP contribution is -2.27. The normalized spacial score (nSPS) is 11.2. The van der Waals surface area contributed by atoms with Crippen LogP contribution in [0, 0.1) is 0 Å². The number of aryl methyl sites for hydroxylation is 1. The monoisotopic (exact) mass is 273 g/mol. The van der Waals surface area contributed by atoms with Crippen LogP contribution in [0.15, 0.2) is 36.7 Å². The molecule has 5 nitrogen and oxygen atoms in total. The number of hydrogen-bond acceptors (Lipinski definition) is 3. The number of anilines is 1. The molecule has 0 bridgehead atoms. The van der Waals surface area contributed by atoms with Gasteiger partial charge in [-0.15, -0.1) is 0 Å². The summed E-state index contributed by atoms with van der Waals surface area (Å²) in [6.45, 7) is 5.49. The average molecular weight is 273 g/mol. The Morgan fingerprint density at radius 3 is 2.60 bits per heavy atom. The standard InChI is InChI=1S/C15H19N3O2/c1-15(2,3)20-14(19)17-12-8-6-5-7-11(12)13-16-9-10-18(13)4/h5-10H,1-4H3,(H,17,19). The molecule has 20 heavy (non-hydrogen) atoms. The Morgan fingerprint density at radius 1 is 1.30 bits per heavy atom. The molecule has 2 rings (SSSR count). The minimum atomic E-state index is -0.526. The van der Waals surface area contributed by atoms with Crippen LogP contribution in [0.3, 0.4) is 0 Å². The number of benzene rings is 1. The van der Waals surface area contributed by atoms with E-state index >= 15 is 0 Å². The zero-order valence-electron chi connectivity index (χ0n) is 12.2. The highest BCUT2D eigenvalue weighted by atomic mass is 16.6. The van der Waals surface area contributed by atoms with Crippen molar-refractivity contribution in [2.75, 3.05) is 5.32 Å². The topological polar surface area (TPSA) is 56.2 Å². The number of amides is 1. The van der Waals surface area contributed by atoms with Gasteiger partial charge in [0.1, 0.15) is 11.4 Å². The minimum absolute atomic E-state index is 0.473. The predicted octanol–water partition coefficient (Wildman–Crippen LogP) is 3.43. The minimum Gasteiger partial charge on any atom is -0.444 e. The van der Waals surface area contributed by atoms with Gasteiger partial charge in [0.05, 0.1) is 5.69 Å². The van der Waals surface area contributed by atoms with Crippen molar-refractivity contribution in [3.8, 4) is 11.4 Å². The number of para-hydroxylation sites is 1. The highest BCUT2D eigenvalue weighted by molar-refractivity contribution is 5.90. The molecular weight excluding hydrogens is 254 g/mol. The van der Waals surface area contributed by atoms with Crippen LogP contribution in [0.4, 0.5) is 10.5 Å². The molecule has 0 atom stereocenters. The third-order valence-corrected chi connectivity index (χ3v) is 2.62. The molecule has 0 spiro atoms. The van der Waals surface area contributed by atoms with Crippen molar-refractivity contribution in [1.82, 2.24) is 9.55 Å². The Morgan fingerprint density at radius 2 is 2.00 bits per heavy atom. The number of nitrogens with zero attached hydrogens (tertiary/aromatic N) is 2. The molecule has 0 aliphatic heterocycles. The van der Waals surface area contributed by atoms with Gasteiger partial charge in [-0.05, 0) is 32.9 Å². The van der Waals surface area contributed by atoms with Gasteiger partial charge in [-0.25, -0.2) is 9.78 Å². The molecular formula is C15H19N3O2. The van der Waals surface area contributed by atoms with Crippen LogP contribution in [0.5, 0.6) is 0 Å². The van der Waals surface area contributed by atoms with E-state index in [9.17, 15) is 4.79 Å². The Bertz CT molecular complexity index is 612. The third kappa shape index (κ3) is 3.38. The van der Waals surface area contributed by atoms with Crippen LogP contribution < -0.4 is 5.32 Å². The maximum atomic E-state index is 11.9. The van der Waals surface area contributed by atoms with Crippen LogP contribution in [0.1, 0.15) is 20.8 Å². The fraction of sp³-hybridized carbons (Fsp3) is 0.333. The van der Waals surface area contributed by atoms with E-state index in [1.165, 1.54) is 0 Å². The number of carbonyl (C=O) groups excluding carboxylic acids is 1. The molecule has 0 aliphatic rings. The van der Waals surface area contributed by atoms with Crippen LogP contribution >= 0.6 is 0 Å². The average Bonchev–Trinajstić information content (AvgIpc) is 2.73. The van der Waals surface area contributed by atoms with E-state index in [0.717, 1.165) is 11.4 Å².